The van der Waals surface area contributed by atoms with Crippen molar-refractivity contribution in [2.24, 2.45) is 0 Å². The van der Waals surface area contributed by atoms with E-state index in [2.05, 4.69) is 21.2 Å². The molecular weight excluding hydrogens is 273 g/mol. The van der Waals surface area contributed by atoms with Gasteiger partial charge in [-0.15, -0.1) is 0 Å². The Labute approximate surface area is 104 Å². The Morgan fingerprint density at radius 3 is 2.81 bits per heavy atom. The standard InChI is InChI=1S/C11H17BrFN3/c1-15-4-3-5-16(2)11-7-9(13)8(12)6-10(11)14/h6-7,15H,3-5,14H2,1-2H3. The van der Waals surface area contributed by atoms with Crippen LogP contribution < -0.4 is 16.0 Å². The molecule has 0 aliphatic rings. The maximum Gasteiger partial charge on any atom is 0.139 e. The number of rotatable bonds is 5. The lowest BCUT2D eigenvalue weighted by atomic mass is 10.2. The summed E-state index contributed by atoms with van der Waals surface area (Å²) in [6, 6.07) is 3.05. The third-order valence-electron chi connectivity index (χ3n) is 2.40. The molecule has 0 aliphatic heterocycles. The molecule has 3 N–H and O–H groups in total. The van der Waals surface area contributed by atoms with Gasteiger partial charge in [0.15, 0.2) is 0 Å². The molecule has 0 saturated heterocycles. The third-order valence-corrected chi connectivity index (χ3v) is 3.01. The number of benzene rings is 1. The SMILES string of the molecule is CNCCCN(C)c1cc(F)c(Br)cc1N. The van der Waals surface area contributed by atoms with Crippen LogP contribution in [-0.4, -0.2) is 27.2 Å². The fraction of sp³-hybridized carbons (Fsp3) is 0.455. The van der Waals surface area contributed by atoms with Crippen LogP contribution in [0.15, 0.2) is 16.6 Å². The highest BCUT2D eigenvalue weighted by atomic mass is 79.9. The Bertz CT molecular complexity index is 357. The second kappa shape index (κ2) is 6.06. The largest absolute Gasteiger partial charge is 0.397 e. The maximum absolute atomic E-state index is 13.4. The molecule has 0 unspecified atom stereocenters. The van der Waals surface area contributed by atoms with Crippen LogP contribution >= 0.6 is 15.9 Å². The lowest BCUT2D eigenvalue weighted by molar-refractivity contribution is 0.620. The normalized spacial score (nSPS) is 10.5. The summed E-state index contributed by atoms with van der Waals surface area (Å²) in [4.78, 5) is 1.96. The lowest BCUT2D eigenvalue weighted by Crippen LogP contribution is -2.23. The van der Waals surface area contributed by atoms with Gasteiger partial charge in [0.05, 0.1) is 15.8 Å². The molecule has 16 heavy (non-hydrogen) atoms. The minimum atomic E-state index is -0.287. The van der Waals surface area contributed by atoms with E-state index in [1.807, 2.05) is 19.0 Å². The van der Waals surface area contributed by atoms with E-state index >= 15 is 0 Å². The third kappa shape index (κ3) is 3.35. The number of nitrogens with one attached hydrogen (secondary N) is 1. The summed E-state index contributed by atoms with van der Waals surface area (Å²) in [7, 11) is 3.82. The van der Waals surface area contributed by atoms with Crippen molar-refractivity contribution in [3.05, 3.63) is 22.4 Å². The second-order valence-electron chi connectivity index (χ2n) is 3.70. The van der Waals surface area contributed by atoms with Crippen molar-refractivity contribution in [1.29, 1.82) is 0 Å². The molecule has 0 saturated carbocycles. The Kier molecular flexibility index (Phi) is 5.02. The van der Waals surface area contributed by atoms with Crippen LogP contribution in [0.1, 0.15) is 6.42 Å². The van der Waals surface area contributed by atoms with Gasteiger partial charge < -0.3 is 16.0 Å². The molecular formula is C11H17BrFN3. The fourth-order valence-electron chi connectivity index (χ4n) is 1.50. The van der Waals surface area contributed by atoms with Crippen LogP contribution in [0, 0.1) is 5.82 Å². The van der Waals surface area contributed by atoms with E-state index in [4.69, 9.17) is 5.73 Å². The molecule has 0 radical (unpaired) electrons. The highest BCUT2D eigenvalue weighted by molar-refractivity contribution is 9.10. The molecule has 0 atom stereocenters. The van der Waals surface area contributed by atoms with Gasteiger partial charge in [-0.2, -0.15) is 0 Å². The highest BCUT2D eigenvalue weighted by Gasteiger charge is 2.09. The number of anilines is 2. The van der Waals surface area contributed by atoms with Crippen LogP contribution in [0.25, 0.3) is 0 Å². The summed E-state index contributed by atoms with van der Waals surface area (Å²) in [5, 5.41) is 3.07. The van der Waals surface area contributed by atoms with E-state index in [0.29, 0.717) is 10.2 Å². The Morgan fingerprint density at radius 2 is 2.19 bits per heavy atom. The van der Waals surface area contributed by atoms with Gasteiger partial charge >= 0.3 is 0 Å². The van der Waals surface area contributed by atoms with Crippen LogP contribution in [0.5, 0.6) is 0 Å². The van der Waals surface area contributed by atoms with Crippen LogP contribution in [0.2, 0.25) is 0 Å². The summed E-state index contributed by atoms with van der Waals surface area (Å²) in [5.41, 5.74) is 7.16. The summed E-state index contributed by atoms with van der Waals surface area (Å²) in [5.74, 6) is -0.287. The quantitative estimate of drug-likeness (QED) is 0.645. The number of nitrogens with two attached hydrogens (primary N) is 1. The first-order chi connectivity index (χ1) is 7.56. The zero-order chi connectivity index (χ0) is 12.1. The van der Waals surface area contributed by atoms with Gasteiger partial charge in [0.25, 0.3) is 0 Å². The fourth-order valence-corrected chi connectivity index (χ4v) is 1.86. The summed E-state index contributed by atoms with van der Waals surface area (Å²) in [6.07, 6.45) is 0.990. The number of nitrogen functional groups attached to an aromatic ring is 1. The molecule has 0 amide bonds. The predicted molar refractivity (Wildman–Crippen MR) is 70.3 cm³/mol. The average molecular weight is 290 g/mol. The highest BCUT2D eigenvalue weighted by Crippen LogP contribution is 2.28. The molecule has 0 aliphatic carbocycles. The van der Waals surface area contributed by atoms with Crippen LogP contribution in [-0.2, 0) is 0 Å². The summed E-state index contributed by atoms with van der Waals surface area (Å²) < 4.78 is 13.8. The zero-order valence-corrected chi connectivity index (χ0v) is 11.1. The van der Waals surface area contributed by atoms with Crippen molar-refractivity contribution < 1.29 is 4.39 Å². The van der Waals surface area contributed by atoms with Gasteiger partial charge in [0.1, 0.15) is 5.82 Å². The van der Waals surface area contributed by atoms with Crippen molar-refractivity contribution in [2.75, 3.05) is 37.8 Å². The second-order valence-corrected chi connectivity index (χ2v) is 4.56. The average Bonchev–Trinajstić information content (AvgIpc) is 2.23. The van der Waals surface area contributed by atoms with Gasteiger partial charge in [-0.3, -0.25) is 0 Å². The minimum Gasteiger partial charge on any atom is -0.397 e. The van der Waals surface area contributed by atoms with Gasteiger partial charge in [-0.25, -0.2) is 4.39 Å². The van der Waals surface area contributed by atoms with Crippen molar-refractivity contribution in [2.45, 2.75) is 6.42 Å². The Morgan fingerprint density at radius 1 is 1.50 bits per heavy atom. The monoisotopic (exact) mass is 289 g/mol. The van der Waals surface area contributed by atoms with E-state index in [1.165, 1.54) is 6.07 Å². The lowest BCUT2D eigenvalue weighted by Gasteiger charge is -2.21. The molecule has 5 heteroatoms. The first-order valence-corrected chi connectivity index (χ1v) is 5.95. The van der Waals surface area contributed by atoms with Gasteiger partial charge in [-0.05, 0) is 42.0 Å². The molecule has 1 aromatic rings. The van der Waals surface area contributed by atoms with Crippen molar-refractivity contribution in [1.82, 2.24) is 5.32 Å². The summed E-state index contributed by atoms with van der Waals surface area (Å²) >= 11 is 3.11. The number of halogens is 2. The molecule has 0 fully saturated rings. The van der Waals surface area contributed by atoms with E-state index in [1.54, 1.807) is 6.07 Å². The molecule has 90 valence electrons. The van der Waals surface area contributed by atoms with E-state index in [-0.39, 0.29) is 5.82 Å². The molecule has 0 aromatic heterocycles. The molecule has 0 spiro atoms. The summed E-state index contributed by atoms with van der Waals surface area (Å²) in [6.45, 7) is 1.77. The van der Waals surface area contributed by atoms with Crippen LogP contribution in [0.4, 0.5) is 15.8 Å². The van der Waals surface area contributed by atoms with E-state index < -0.39 is 0 Å². The van der Waals surface area contributed by atoms with Gasteiger partial charge in [0, 0.05) is 19.7 Å². The molecule has 0 bridgehead atoms. The first-order valence-electron chi connectivity index (χ1n) is 5.16. The minimum absolute atomic E-state index is 0.287. The van der Waals surface area contributed by atoms with Crippen molar-refractivity contribution in [3.8, 4) is 0 Å². The zero-order valence-electron chi connectivity index (χ0n) is 9.56. The maximum atomic E-state index is 13.4. The van der Waals surface area contributed by atoms with E-state index in [0.717, 1.165) is 25.2 Å². The number of nitrogens with zero attached hydrogens (tertiary/aromatic N) is 1. The predicted octanol–water partition coefficient (Wildman–Crippen LogP) is 2.22. The Hall–Kier alpha value is -0.810. The van der Waals surface area contributed by atoms with E-state index in [9.17, 15) is 4.39 Å². The number of hydrogen-bond acceptors (Lipinski definition) is 3. The topological polar surface area (TPSA) is 41.3 Å². The molecule has 0 heterocycles. The Balaban J connectivity index is 2.75. The van der Waals surface area contributed by atoms with Crippen LogP contribution in [0.3, 0.4) is 0 Å². The molecule has 3 nitrogen and oxygen atoms in total. The number of hydrogen-bond donors (Lipinski definition) is 2. The smallest absolute Gasteiger partial charge is 0.139 e. The van der Waals surface area contributed by atoms with Gasteiger partial charge in [-0.1, -0.05) is 0 Å². The van der Waals surface area contributed by atoms with Gasteiger partial charge in [0.2, 0.25) is 0 Å². The van der Waals surface area contributed by atoms with Crippen molar-refractivity contribution in [3.63, 3.8) is 0 Å². The first kappa shape index (κ1) is 13.3. The molecule has 1 aromatic carbocycles. The van der Waals surface area contributed by atoms with Crippen molar-refractivity contribution >= 4 is 27.3 Å². The molecule has 1 rings (SSSR count).